The zero-order valence-electron chi connectivity index (χ0n) is 17.4. The zero-order valence-corrected chi connectivity index (χ0v) is 18.4. The lowest BCUT2D eigenvalue weighted by molar-refractivity contribution is -0.153. The summed E-state index contributed by atoms with van der Waals surface area (Å²) in [4.78, 5) is 31.8. The van der Waals surface area contributed by atoms with Crippen LogP contribution in [-0.2, 0) is 4.79 Å². The zero-order chi connectivity index (χ0) is 20.7. The number of carbonyl (C=O) groups is 1. The highest BCUT2D eigenvalue weighted by atomic mass is 28.3. The van der Waals surface area contributed by atoms with Gasteiger partial charge in [-0.15, -0.1) is 4.73 Å². The Hall–Kier alpha value is -2.66. The van der Waals surface area contributed by atoms with Crippen LogP contribution < -0.4 is 15.6 Å². The summed E-state index contributed by atoms with van der Waals surface area (Å²) in [6, 6.07) is 17.3. The van der Waals surface area contributed by atoms with Crippen LogP contribution in [0.25, 0.3) is 22.0 Å². The number of aromatic nitrogens is 1. The highest BCUT2D eigenvalue weighted by Crippen LogP contribution is 2.24. The van der Waals surface area contributed by atoms with Gasteiger partial charge in [-0.2, -0.15) is 0 Å². The summed E-state index contributed by atoms with van der Waals surface area (Å²) in [6.45, 7) is 12.1. The van der Waals surface area contributed by atoms with Gasteiger partial charge >= 0.3 is 5.97 Å². The largest absolute Gasteiger partial charge is 0.338 e. The molecule has 1 heterocycles. The topological polar surface area (TPSA) is 48.3 Å². The quantitative estimate of drug-likeness (QED) is 0.626. The summed E-state index contributed by atoms with van der Waals surface area (Å²) < 4.78 is 1.22. The molecule has 0 aliphatic rings. The van der Waals surface area contributed by atoms with Crippen LogP contribution in [0.4, 0.5) is 0 Å². The minimum Gasteiger partial charge on any atom is -0.332 e. The lowest BCUT2D eigenvalue weighted by Gasteiger charge is -2.27. The van der Waals surface area contributed by atoms with Crippen molar-refractivity contribution in [3.63, 3.8) is 0 Å². The Kier molecular flexibility index (Phi) is 5.06. The fourth-order valence-corrected chi connectivity index (χ4v) is 5.23. The molecule has 0 fully saturated rings. The molecule has 0 saturated carbocycles. The van der Waals surface area contributed by atoms with E-state index in [-0.39, 0.29) is 5.56 Å². The predicted molar refractivity (Wildman–Crippen MR) is 118 cm³/mol. The molecule has 146 valence electrons. The first-order valence-corrected chi connectivity index (χ1v) is 13.0. The highest BCUT2D eigenvalue weighted by molar-refractivity contribution is 6.91. The van der Waals surface area contributed by atoms with Gasteiger partial charge in [0, 0.05) is 5.56 Å². The first-order valence-electron chi connectivity index (χ1n) is 9.48. The molecule has 28 heavy (non-hydrogen) atoms. The van der Waals surface area contributed by atoms with Gasteiger partial charge in [0.15, 0.2) is 0 Å². The summed E-state index contributed by atoms with van der Waals surface area (Å²) in [5.41, 5.74) is 0.512. The maximum absolute atomic E-state index is 13.4. The summed E-state index contributed by atoms with van der Waals surface area (Å²) in [6.07, 6.45) is 0. The molecule has 0 saturated heterocycles. The molecule has 0 bridgehead atoms. The Morgan fingerprint density at radius 3 is 1.96 bits per heavy atom. The normalized spacial score (nSPS) is 12.2. The highest BCUT2D eigenvalue weighted by Gasteiger charge is 2.31. The first kappa shape index (κ1) is 20.1. The van der Waals surface area contributed by atoms with Gasteiger partial charge in [0.1, 0.15) is 0 Å². The Balaban J connectivity index is 2.48. The van der Waals surface area contributed by atoms with Crippen LogP contribution >= 0.6 is 0 Å². The minimum absolute atomic E-state index is 0.311. The van der Waals surface area contributed by atoms with E-state index in [9.17, 15) is 9.59 Å². The molecule has 2 aromatic carbocycles. The molecule has 4 nitrogen and oxygen atoms in total. The van der Waals surface area contributed by atoms with Crippen LogP contribution in [-0.4, -0.2) is 18.8 Å². The fourth-order valence-electron chi connectivity index (χ4n) is 3.25. The van der Waals surface area contributed by atoms with Crippen molar-refractivity contribution in [1.82, 2.24) is 4.73 Å². The van der Waals surface area contributed by atoms with E-state index in [1.54, 1.807) is 26.8 Å². The molecular weight excluding hydrogens is 366 g/mol. The van der Waals surface area contributed by atoms with Gasteiger partial charge < -0.3 is 4.84 Å². The third-order valence-corrected chi connectivity index (χ3v) is 6.64. The van der Waals surface area contributed by atoms with Crippen molar-refractivity contribution >= 4 is 30.0 Å². The molecular formula is C23H27NO3Si. The van der Waals surface area contributed by atoms with Gasteiger partial charge in [0.25, 0.3) is 5.56 Å². The predicted octanol–water partition coefficient (Wildman–Crippen LogP) is 4.22. The van der Waals surface area contributed by atoms with Gasteiger partial charge in [0.05, 0.1) is 24.6 Å². The van der Waals surface area contributed by atoms with Crippen molar-refractivity contribution in [2.24, 2.45) is 5.41 Å². The molecule has 0 unspecified atom stereocenters. The monoisotopic (exact) mass is 393 g/mol. The van der Waals surface area contributed by atoms with E-state index in [1.807, 2.05) is 48.5 Å². The van der Waals surface area contributed by atoms with Crippen molar-refractivity contribution in [2.75, 3.05) is 0 Å². The first-order chi connectivity index (χ1) is 13.0. The number of nitrogens with zero attached hydrogens (tertiary/aromatic N) is 1. The second kappa shape index (κ2) is 7.06. The van der Waals surface area contributed by atoms with E-state index in [1.165, 1.54) is 4.73 Å². The minimum atomic E-state index is -1.93. The van der Waals surface area contributed by atoms with Crippen LogP contribution in [0.5, 0.6) is 0 Å². The van der Waals surface area contributed by atoms with Crippen molar-refractivity contribution < 1.29 is 9.63 Å². The Morgan fingerprint density at radius 1 is 0.893 bits per heavy atom. The molecule has 0 spiro atoms. The third kappa shape index (κ3) is 3.67. The van der Waals surface area contributed by atoms with Crippen molar-refractivity contribution in [2.45, 2.75) is 40.4 Å². The van der Waals surface area contributed by atoms with Crippen molar-refractivity contribution in [3.05, 3.63) is 65.0 Å². The average Bonchev–Trinajstić information content (AvgIpc) is 2.62. The van der Waals surface area contributed by atoms with Crippen LogP contribution in [0.1, 0.15) is 20.8 Å². The van der Waals surface area contributed by atoms with Gasteiger partial charge in [-0.1, -0.05) is 68.2 Å². The number of hydrogen-bond acceptors (Lipinski definition) is 3. The molecule has 0 amide bonds. The van der Waals surface area contributed by atoms with Gasteiger partial charge in [0.2, 0.25) is 0 Å². The second-order valence-electron chi connectivity index (χ2n) is 9.11. The molecule has 0 atom stereocenters. The Labute approximate surface area is 166 Å². The van der Waals surface area contributed by atoms with Crippen molar-refractivity contribution in [3.8, 4) is 11.3 Å². The van der Waals surface area contributed by atoms with Crippen molar-refractivity contribution in [1.29, 1.82) is 0 Å². The fraction of sp³-hybridized carbons (Fsp3) is 0.304. The van der Waals surface area contributed by atoms with E-state index >= 15 is 0 Å². The molecule has 0 aliphatic heterocycles. The van der Waals surface area contributed by atoms with Crippen LogP contribution in [0.2, 0.25) is 19.6 Å². The van der Waals surface area contributed by atoms with Gasteiger partial charge in [-0.05, 0) is 37.4 Å². The summed E-state index contributed by atoms with van der Waals surface area (Å²) in [5.74, 6) is -0.441. The number of benzene rings is 2. The van der Waals surface area contributed by atoms with Gasteiger partial charge in [-0.25, -0.2) is 4.79 Å². The van der Waals surface area contributed by atoms with E-state index in [0.717, 1.165) is 16.1 Å². The molecule has 1 aromatic heterocycles. The maximum Gasteiger partial charge on any atom is 0.338 e. The number of rotatable bonds is 3. The second-order valence-corrected chi connectivity index (χ2v) is 14.1. The van der Waals surface area contributed by atoms with E-state index in [0.29, 0.717) is 11.1 Å². The number of pyridine rings is 1. The average molecular weight is 394 g/mol. The SMILES string of the molecule is CC(C)(C)C(=O)On1c(-c2ccccc2)c([Si](C)(C)C)c2ccccc2c1=O. The smallest absolute Gasteiger partial charge is 0.332 e. The van der Waals surface area contributed by atoms with Crippen LogP contribution in [0.15, 0.2) is 59.4 Å². The number of fused-ring (bicyclic) bond motifs is 1. The molecule has 5 heteroatoms. The lowest BCUT2D eigenvalue weighted by Crippen LogP contribution is -2.47. The molecule has 0 N–H and O–H groups in total. The standard InChI is InChI=1S/C23H27NO3Si/c1-23(2,3)22(26)27-24-19(16-12-8-7-9-13-16)20(28(4,5)6)17-14-10-11-15-18(17)21(24)25/h7-15H,1-6H3. The van der Waals surface area contributed by atoms with Crippen LogP contribution in [0.3, 0.4) is 0 Å². The van der Waals surface area contributed by atoms with E-state index in [4.69, 9.17) is 4.84 Å². The number of hydrogen-bond donors (Lipinski definition) is 0. The Bertz CT molecular complexity index is 1090. The summed E-state index contributed by atoms with van der Waals surface area (Å²) >= 11 is 0. The van der Waals surface area contributed by atoms with Crippen LogP contribution in [0, 0.1) is 5.41 Å². The van der Waals surface area contributed by atoms with Gasteiger partial charge in [-0.3, -0.25) is 4.79 Å². The lowest BCUT2D eigenvalue weighted by atomic mass is 9.98. The summed E-state index contributed by atoms with van der Waals surface area (Å²) in [5, 5.41) is 2.62. The molecule has 0 aliphatic carbocycles. The molecule has 0 radical (unpaired) electrons. The molecule has 3 aromatic rings. The van der Waals surface area contributed by atoms with E-state index < -0.39 is 19.5 Å². The molecule has 3 rings (SSSR count). The number of carbonyl (C=O) groups excluding carboxylic acids is 1. The summed E-state index contributed by atoms with van der Waals surface area (Å²) in [7, 11) is -1.93. The third-order valence-electron chi connectivity index (χ3n) is 4.63. The maximum atomic E-state index is 13.4. The van der Waals surface area contributed by atoms with E-state index in [2.05, 4.69) is 19.6 Å². The Morgan fingerprint density at radius 2 is 1.43 bits per heavy atom.